The number of carbonyl (C=O) groups excluding carboxylic acids is 1. The van der Waals surface area contributed by atoms with Crippen LogP contribution >= 0.6 is 11.8 Å². The van der Waals surface area contributed by atoms with Gasteiger partial charge >= 0.3 is 0 Å². The van der Waals surface area contributed by atoms with E-state index in [1.807, 2.05) is 0 Å². The Labute approximate surface area is 87.4 Å². The number of nitrogens with zero attached hydrogens (tertiary/aromatic N) is 2. The highest BCUT2D eigenvalue weighted by Gasteiger charge is 2.32. The Kier molecular flexibility index (Phi) is 2.82. The zero-order valence-corrected chi connectivity index (χ0v) is 8.72. The minimum atomic E-state index is -0.000868. The smallest absolute Gasteiger partial charge is 0.256 e. The molecule has 0 N–H and O–H groups in total. The molecular formula is C10H12N2OS. The normalized spacial score (nSPS) is 25.4. The maximum absolute atomic E-state index is 11.5. The van der Waals surface area contributed by atoms with E-state index in [9.17, 15) is 4.79 Å². The fraction of sp³-hybridized carbons (Fsp3) is 0.500. The summed E-state index contributed by atoms with van der Waals surface area (Å²) in [6.07, 6.45) is 4.76. The molecule has 1 atom stereocenters. The number of amides is 1. The molecule has 0 spiro atoms. The summed E-state index contributed by atoms with van der Waals surface area (Å²) in [5.74, 6) is 0.759. The molecule has 14 heavy (non-hydrogen) atoms. The maximum atomic E-state index is 11.5. The first-order valence-electron chi connectivity index (χ1n) is 4.75. The highest BCUT2D eigenvalue weighted by Crippen LogP contribution is 2.28. The highest BCUT2D eigenvalue weighted by molar-refractivity contribution is 8.14. The Bertz CT molecular complexity index is 333. The summed E-state index contributed by atoms with van der Waals surface area (Å²) in [7, 11) is 0. The second-order valence-electron chi connectivity index (χ2n) is 3.38. The molecule has 1 fully saturated rings. The van der Waals surface area contributed by atoms with Gasteiger partial charge in [-0.25, -0.2) is 4.99 Å². The second-order valence-corrected chi connectivity index (χ2v) is 4.37. The first kappa shape index (κ1) is 9.65. The van der Waals surface area contributed by atoms with Crippen molar-refractivity contribution in [3.05, 3.63) is 12.7 Å². The third-order valence-electron chi connectivity index (χ3n) is 2.40. The zero-order chi connectivity index (χ0) is 9.97. The first-order chi connectivity index (χ1) is 6.81. The van der Waals surface area contributed by atoms with Crippen LogP contribution in [-0.4, -0.2) is 22.5 Å². The largest absolute Gasteiger partial charge is 0.272 e. The SMILES string of the molecule is C=CCSC1=NC(=O)C2CCCC2=N1. The number of thioether (sulfide) groups is 1. The van der Waals surface area contributed by atoms with E-state index in [0.29, 0.717) is 5.17 Å². The number of rotatable bonds is 2. The van der Waals surface area contributed by atoms with Crippen LogP contribution in [0, 0.1) is 5.92 Å². The van der Waals surface area contributed by atoms with Gasteiger partial charge in [-0.2, -0.15) is 4.99 Å². The molecule has 1 aliphatic carbocycles. The van der Waals surface area contributed by atoms with Crippen LogP contribution < -0.4 is 0 Å². The molecule has 3 nitrogen and oxygen atoms in total. The molecular weight excluding hydrogens is 196 g/mol. The summed E-state index contributed by atoms with van der Waals surface area (Å²) in [5.41, 5.74) is 1.04. The number of hydrogen-bond acceptors (Lipinski definition) is 3. The molecule has 1 saturated carbocycles. The predicted octanol–water partition coefficient (Wildman–Crippen LogP) is 2.04. The van der Waals surface area contributed by atoms with Crippen LogP contribution in [0.3, 0.4) is 0 Å². The fourth-order valence-corrected chi connectivity index (χ4v) is 2.35. The van der Waals surface area contributed by atoms with Crippen molar-refractivity contribution in [1.29, 1.82) is 0 Å². The molecule has 0 bridgehead atoms. The molecule has 0 aromatic carbocycles. The lowest BCUT2D eigenvalue weighted by atomic mass is 10.1. The van der Waals surface area contributed by atoms with Crippen LogP contribution in [0.1, 0.15) is 19.3 Å². The molecule has 2 rings (SSSR count). The van der Waals surface area contributed by atoms with Crippen molar-refractivity contribution in [2.45, 2.75) is 19.3 Å². The van der Waals surface area contributed by atoms with Crippen LogP contribution in [0.15, 0.2) is 22.6 Å². The Morgan fingerprint density at radius 1 is 1.57 bits per heavy atom. The van der Waals surface area contributed by atoms with Crippen molar-refractivity contribution >= 4 is 28.5 Å². The van der Waals surface area contributed by atoms with Crippen LogP contribution in [-0.2, 0) is 4.79 Å². The number of aliphatic imine (C=N–C) groups is 2. The van der Waals surface area contributed by atoms with Gasteiger partial charge in [0.25, 0.3) is 5.91 Å². The van der Waals surface area contributed by atoms with E-state index < -0.39 is 0 Å². The van der Waals surface area contributed by atoms with E-state index in [1.54, 1.807) is 6.08 Å². The molecule has 74 valence electrons. The number of hydrogen-bond donors (Lipinski definition) is 0. The molecule has 0 aromatic rings. The minimum absolute atomic E-state index is 0.000868. The van der Waals surface area contributed by atoms with Crippen LogP contribution in [0.4, 0.5) is 0 Å². The fourth-order valence-electron chi connectivity index (χ4n) is 1.75. The molecule has 0 saturated heterocycles. The summed E-state index contributed by atoms with van der Waals surface area (Å²) < 4.78 is 0. The van der Waals surface area contributed by atoms with Crippen molar-refractivity contribution in [1.82, 2.24) is 0 Å². The van der Waals surface area contributed by atoms with Gasteiger partial charge in [0.2, 0.25) is 0 Å². The highest BCUT2D eigenvalue weighted by atomic mass is 32.2. The number of carbonyl (C=O) groups is 1. The molecule has 1 heterocycles. The van der Waals surface area contributed by atoms with E-state index in [4.69, 9.17) is 0 Å². The summed E-state index contributed by atoms with van der Waals surface area (Å²) in [5, 5.41) is 0.614. The molecule has 1 aliphatic heterocycles. The lowest BCUT2D eigenvalue weighted by Gasteiger charge is -2.12. The second kappa shape index (κ2) is 4.09. The first-order valence-corrected chi connectivity index (χ1v) is 5.73. The number of amidine groups is 1. The molecule has 4 heteroatoms. The lowest BCUT2D eigenvalue weighted by molar-refractivity contribution is -0.119. The topological polar surface area (TPSA) is 41.8 Å². The molecule has 1 amide bonds. The Morgan fingerprint density at radius 2 is 2.43 bits per heavy atom. The van der Waals surface area contributed by atoms with Crippen LogP contribution in [0.2, 0.25) is 0 Å². The van der Waals surface area contributed by atoms with Crippen molar-refractivity contribution < 1.29 is 4.79 Å². The average Bonchev–Trinajstić information content (AvgIpc) is 2.63. The van der Waals surface area contributed by atoms with Gasteiger partial charge in [0.05, 0.1) is 5.92 Å². The summed E-state index contributed by atoms with van der Waals surface area (Å²) in [6.45, 7) is 3.62. The zero-order valence-electron chi connectivity index (χ0n) is 7.90. The van der Waals surface area contributed by atoms with Crippen LogP contribution in [0.25, 0.3) is 0 Å². The minimum Gasteiger partial charge on any atom is -0.272 e. The summed E-state index contributed by atoms with van der Waals surface area (Å²) in [4.78, 5) is 19.9. The van der Waals surface area contributed by atoms with Gasteiger partial charge in [0.15, 0.2) is 5.17 Å². The van der Waals surface area contributed by atoms with E-state index >= 15 is 0 Å². The van der Waals surface area contributed by atoms with Gasteiger partial charge in [-0.1, -0.05) is 17.8 Å². The van der Waals surface area contributed by atoms with E-state index in [0.717, 1.165) is 30.7 Å². The molecule has 0 aromatic heterocycles. The molecule has 0 radical (unpaired) electrons. The predicted molar refractivity (Wildman–Crippen MR) is 59.9 cm³/mol. The Balaban J connectivity index is 2.12. The van der Waals surface area contributed by atoms with Gasteiger partial charge in [-0.05, 0) is 19.3 Å². The van der Waals surface area contributed by atoms with E-state index in [1.165, 1.54) is 11.8 Å². The van der Waals surface area contributed by atoms with Gasteiger partial charge in [-0.15, -0.1) is 6.58 Å². The van der Waals surface area contributed by atoms with Gasteiger partial charge in [0.1, 0.15) is 0 Å². The average molecular weight is 208 g/mol. The Hall–Kier alpha value is -0.900. The lowest BCUT2D eigenvalue weighted by Crippen LogP contribution is -2.23. The van der Waals surface area contributed by atoms with Crippen molar-refractivity contribution in [2.75, 3.05) is 5.75 Å². The van der Waals surface area contributed by atoms with Crippen LogP contribution in [0.5, 0.6) is 0 Å². The Morgan fingerprint density at radius 3 is 3.21 bits per heavy atom. The third kappa shape index (κ3) is 1.80. The van der Waals surface area contributed by atoms with Gasteiger partial charge in [-0.3, -0.25) is 4.79 Å². The third-order valence-corrected chi connectivity index (χ3v) is 3.24. The van der Waals surface area contributed by atoms with Crippen molar-refractivity contribution in [2.24, 2.45) is 15.9 Å². The van der Waals surface area contributed by atoms with Crippen molar-refractivity contribution in [3.8, 4) is 0 Å². The molecule has 2 aliphatic rings. The summed E-state index contributed by atoms with van der Waals surface area (Å²) in [6, 6.07) is 0. The van der Waals surface area contributed by atoms with Crippen molar-refractivity contribution in [3.63, 3.8) is 0 Å². The maximum Gasteiger partial charge on any atom is 0.256 e. The van der Waals surface area contributed by atoms with E-state index in [2.05, 4.69) is 16.6 Å². The van der Waals surface area contributed by atoms with Gasteiger partial charge < -0.3 is 0 Å². The standard InChI is InChI=1S/C10H12N2OS/c1-2-6-14-10-11-8-5-3-4-7(8)9(13)12-10/h2,7H,1,3-6H2. The summed E-state index contributed by atoms with van der Waals surface area (Å²) >= 11 is 1.47. The van der Waals surface area contributed by atoms with Gasteiger partial charge in [0, 0.05) is 11.5 Å². The number of fused-ring (bicyclic) bond motifs is 1. The quantitative estimate of drug-likeness (QED) is 0.652. The van der Waals surface area contributed by atoms with E-state index in [-0.39, 0.29) is 11.8 Å². The molecule has 1 unspecified atom stereocenters. The monoisotopic (exact) mass is 208 g/mol.